The number of alkyl halides is 3. The van der Waals surface area contributed by atoms with Gasteiger partial charge >= 0.3 is 6.18 Å². The summed E-state index contributed by atoms with van der Waals surface area (Å²) in [4.78, 5) is 9.34. The first-order valence-corrected chi connectivity index (χ1v) is 22.3. The summed E-state index contributed by atoms with van der Waals surface area (Å²) in [6, 6.07) is 51.8. The summed E-state index contributed by atoms with van der Waals surface area (Å²) < 4.78 is 131. The average molecular weight is 949 g/mol. The molecule has 0 saturated heterocycles. The Morgan fingerprint density at radius 2 is 0.732 bits per heavy atom. The van der Waals surface area contributed by atoms with Gasteiger partial charge in [-0.25, -0.2) is 22.0 Å². The standard InChI is InChI=1S/C59H32F8N4/c60-52-50(53(61)55(63)56(64)54(52)62)37-31-48(70-44-21-9-7-17-40(44)42-25-23-35(29-46(42)70)38-19-11-27-68-57(38)33-13-3-1-4-14-33)51(59(65,66)67)49(32-37)71-45-22-10-8-18-41(45)43-26-24-36(30-47(43)71)39-20-12-28-69-58(39)34-15-5-2-6-16-34/h1-32H. The highest BCUT2D eigenvalue weighted by molar-refractivity contribution is 6.12. The van der Waals surface area contributed by atoms with Crippen molar-refractivity contribution >= 4 is 43.6 Å². The Hall–Kier alpha value is -8.90. The number of benzene rings is 8. The van der Waals surface area contributed by atoms with E-state index in [1.807, 2.05) is 84.9 Å². The van der Waals surface area contributed by atoms with Gasteiger partial charge in [-0.1, -0.05) is 133 Å². The van der Waals surface area contributed by atoms with Crippen LogP contribution in [-0.2, 0) is 6.18 Å². The summed E-state index contributed by atoms with van der Waals surface area (Å²) in [5, 5.41) is 2.12. The molecule has 0 fully saturated rings. The number of hydrogen-bond acceptors (Lipinski definition) is 2. The van der Waals surface area contributed by atoms with Crippen LogP contribution in [0.3, 0.4) is 0 Å². The summed E-state index contributed by atoms with van der Waals surface area (Å²) in [6.07, 6.45) is -1.95. The van der Waals surface area contributed by atoms with E-state index in [2.05, 4.69) is 9.97 Å². The monoisotopic (exact) mass is 948 g/mol. The van der Waals surface area contributed by atoms with E-state index in [0.29, 0.717) is 55.2 Å². The summed E-state index contributed by atoms with van der Waals surface area (Å²) in [5.41, 5.74) is 1.73. The number of pyridine rings is 2. The number of hydrogen-bond donors (Lipinski definition) is 0. The fraction of sp³-hybridized carbons (Fsp3) is 0.0169. The smallest absolute Gasteiger partial charge is 0.309 e. The van der Waals surface area contributed by atoms with Gasteiger partial charge in [-0.05, 0) is 65.2 Å². The zero-order valence-electron chi connectivity index (χ0n) is 36.8. The zero-order valence-corrected chi connectivity index (χ0v) is 36.8. The molecular weight excluding hydrogens is 917 g/mol. The van der Waals surface area contributed by atoms with Gasteiger partial charge in [-0.2, -0.15) is 13.2 Å². The van der Waals surface area contributed by atoms with Crippen molar-refractivity contribution in [3.05, 3.63) is 229 Å². The van der Waals surface area contributed by atoms with Crippen molar-refractivity contribution in [2.75, 3.05) is 0 Å². The topological polar surface area (TPSA) is 35.6 Å². The lowest BCUT2D eigenvalue weighted by Gasteiger charge is -2.23. The Morgan fingerprint density at radius 3 is 1.17 bits per heavy atom. The number of fused-ring (bicyclic) bond motifs is 6. The van der Waals surface area contributed by atoms with Gasteiger partial charge in [0.2, 0.25) is 5.82 Å². The van der Waals surface area contributed by atoms with Crippen LogP contribution in [0.2, 0.25) is 0 Å². The molecule has 0 N–H and O–H groups in total. The van der Waals surface area contributed by atoms with Crippen molar-refractivity contribution in [2.45, 2.75) is 6.18 Å². The Kier molecular flexibility index (Phi) is 10.2. The number of halogens is 8. The van der Waals surface area contributed by atoms with Crippen molar-refractivity contribution in [1.82, 2.24) is 19.1 Å². The minimum atomic E-state index is -5.22. The van der Waals surface area contributed by atoms with Crippen molar-refractivity contribution < 1.29 is 35.1 Å². The first kappa shape index (κ1) is 43.4. The molecular formula is C59H32F8N4. The summed E-state index contributed by atoms with van der Waals surface area (Å²) in [6.45, 7) is 0. The molecule has 12 aromatic rings. The maximum atomic E-state index is 16.8. The van der Waals surface area contributed by atoms with Crippen LogP contribution in [0.25, 0.3) is 111 Å². The molecule has 0 unspecified atom stereocenters. The Labute approximate surface area is 399 Å². The molecule has 0 aliphatic rings. The molecule has 71 heavy (non-hydrogen) atoms. The second-order valence-corrected chi connectivity index (χ2v) is 17.0. The largest absolute Gasteiger partial charge is 0.420 e. The van der Waals surface area contributed by atoms with Crippen LogP contribution >= 0.6 is 0 Å². The Morgan fingerprint density at radius 1 is 0.338 bits per heavy atom. The lowest BCUT2D eigenvalue weighted by molar-refractivity contribution is -0.137. The molecule has 0 bridgehead atoms. The van der Waals surface area contributed by atoms with E-state index in [-0.39, 0.29) is 22.1 Å². The average Bonchev–Trinajstić information content (AvgIpc) is 3.92. The van der Waals surface area contributed by atoms with Gasteiger partial charge in [0, 0.05) is 56.2 Å². The van der Waals surface area contributed by atoms with Gasteiger partial charge in [0.25, 0.3) is 0 Å². The molecule has 0 amide bonds. The van der Waals surface area contributed by atoms with Gasteiger partial charge in [0.1, 0.15) is 5.56 Å². The van der Waals surface area contributed by atoms with E-state index < -0.39 is 63.3 Å². The van der Waals surface area contributed by atoms with Crippen molar-refractivity contribution in [3.63, 3.8) is 0 Å². The summed E-state index contributed by atoms with van der Waals surface area (Å²) >= 11 is 0. The highest BCUT2D eigenvalue weighted by atomic mass is 19.4. The van der Waals surface area contributed by atoms with Crippen molar-refractivity contribution in [3.8, 4) is 67.3 Å². The van der Waals surface area contributed by atoms with Gasteiger partial charge in [-0.15, -0.1) is 0 Å². The predicted molar refractivity (Wildman–Crippen MR) is 263 cm³/mol. The number of aromatic nitrogens is 4. The first-order chi connectivity index (χ1) is 34.5. The number of rotatable bonds is 7. The third-order valence-electron chi connectivity index (χ3n) is 13.0. The maximum absolute atomic E-state index is 16.8. The van der Waals surface area contributed by atoms with Gasteiger partial charge in [0.05, 0.1) is 50.4 Å². The van der Waals surface area contributed by atoms with Crippen LogP contribution in [0.15, 0.2) is 194 Å². The second-order valence-electron chi connectivity index (χ2n) is 17.0. The zero-order chi connectivity index (χ0) is 48.7. The van der Waals surface area contributed by atoms with Crippen molar-refractivity contribution in [1.29, 1.82) is 0 Å². The molecule has 0 aliphatic heterocycles. The fourth-order valence-electron chi connectivity index (χ4n) is 9.98. The van der Waals surface area contributed by atoms with Crippen LogP contribution in [0, 0.1) is 29.1 Å². The highest BCUT2D eigenvalue weighted by Gasteiger charge is 2.40. The van der Waals surface area contributed by atoms with Crippen LogP contribution in [-0.4, -0.2) is 19.1 Å². The lowest BCUT2D eigenvalue weighted by Crippen LogP contribution is -2.16. The Balaban J connectivity index is 1.23. The minimum absolute atomic E-state index is 0.257. The van der Waals surface area contributed by atoms with E-state index in [1.165, 1.54) is 9.13 Å². The second kappa shape index (κ2) is 16.7. The molecule has 344 valence electrons. The quantitative estimate of drug-likeness (QED) is 0.0907. The fourth-order valence-corrected chi connectivity index (χ4v) is 9.98. The van der Waals surface area contributed by atoms with Crippen LogP contribution in [0.1, 0.15) is 5.56 Å². The first-order valence-electron chi connectivity index (χ1n) is 22.3. The number of nitrogens with zero attached hydrogens (tertiary/aromatic N) is 4. The maximum Gasteiger partial charge on any atom is 0.420 e. The van der Waals surface area contributed by atoms with Crippen LogP contribution < -0.4 is 0 Å². The molecule has 0 atom stereocenters. The third kappa shape index (κ3) is 6.96. The van der Waals surface area contributed by atoms with Gasteiger partial charge < -0.3 is 9.13 Å². The lowest BCUT2D eigenvalue weighted by atomic mass is 9.97. The summed E-state index contributed by atoms with van der Waals surface area (Å²) in [7, 11) is 0. The molecule has 0 radical (unpaired) electrons. The van der Waals surface area contributed by atoms with E-state index in [9.17, 15) is 4.39 Å². The van der Waals surface area contributed by atoms with Crippen molar-refractivity contribution in [2.24, 2.45) is 0 Å². The van der Waals surface area contributed by atoms with E-state index in [0.717, 1.165) is 23.3 Å². The van der Waals surface area contributed by atoms with E-state index >= 15 is 30.7 Å². The van der Waals surface area contributed by atoms with E-state index in [1.54, 1.807) is 97.3 Å². The van der Waals surface area contributed by atoms with Gasteiger partial charge in [0.15, 0.2) is 23.3 Å². The molecule has 4 heterocycles. The molecule has 12 rings (SSSR count). The third-order valence-corrected chi connectivity index (χ3v) is 13.0. The normalized spacial score (nSPS) is 11.9. The molecule has 4 aromatic heterocycles. The molecule has 8 aromatic carbocycles. The summed E-state index contributed by atoms with van der Waals surface area (Å²) in [5.74, 6) is -11.3. The highest BCUT2D eigenvalue weighted by Crippen LogP contribution is 2.48. The molecule has 4 nitrogen and oxygen atoms in total. The van der Waals surface area contributed by atoms with Crippen LogP contribution in [0.4, 0.5) is 35.1 Å². The van der Waals surface area contributed by atoms with Crippen LogP contribution in [0.5, 0.6) is 0 Å². The molecule has 0 aliphatic carbocycles. The molecule has 0 saturated carbocycles. The molecule has 12 heteroatoms. The molecule has 0 spiro atoms. The number of para-hydroxylation sites is 2. The Bertz CT molecular complexity index is 3850. The predicted octanol–water partition coefficient (Wildman–Crippen LogP) is 16.7. The van der Waals surface area contributed by atoms with Gasteiger partial charge in [-0.3, -0.25) is 9.97 Å². The minimum Gasteiger partial charge on any atom is -0.309 e. The van der Waals surface area contributed by atoms with E-state index in [4.69, 9.17) is 0 Å². The SMILES string of the molecule is Fc1c(F)c(F)c(-c2cc(-n3c4ccccc4c4ccc(-c5cccnc5-c5ccccc5)cc43)c(C(F)(F)F)c(-n3c4ccccc4c4ccc(-c5cccnc5-c5ccccc5)cc43)c2)c(F)c1F.